The molecule has 0 aromatic carbocycles. The Morgan fingerprint density at radius 2 is 1.55 bits per heavy atom. The highest BCUT2D eigenvalue weighted by Crippen LogP contribution is 2.49. The van der Waals surface area contributed by atoms with Crippen molar-refractivity contribution in [1.82, 2.24) is 0 Å². The van der Waals surface area contributed by atoms with E-state index in [9.17, 15) is 25.2 Å². The zero-order chi connectivity index (χ0) is 24.3. The molecule has 0 spiro atoms. The van der Waals surface area contributed by atoms with Gasteiger partial charge in [-0.1, -0.05) is 20.3 Å². The Bertz CT molecular complexity index is 628. The molecule has 3 aliphatic carbocycles. The zero-order valence-corrected chi connectivity index (χ0v) is 21.0. The molecular formula is C27H49NO5. The first-order valence-corrected chi connectivity index (χ1v) is 13.5. The number of hydrogen-bond donors (Lipinski definition) is 5. The van der Waals surface area contributed by atoms with Gasteiger partial charge in [0.25, 0.3) is 0 Å². The summed E-state index contributed by atoms with van der Waals surface area (Å²) in [5.74, 6) is -0.219. The summed E-state index contributed by atoms with van der Waals surface area (Å²) in [6.07, 6.45) is 7.83. The molecule has 0 aromatic rings. The highest BCUT2D eigenvalue weighted by molar-refractivity contribution is 5.84. The molecule has 0 aliphatic heterocycles. The molecule has 0 heterocycles. The second-order valence-electron chi connectivity index (χ2n) is 12.3. The number of Topliss-reactive ketones (excluding diaryl/α,β-unsaturated/α-hetero) is 1. The summed E-state index contributed by atoms with van der Waals surface area (Å²) in [6, 6.07) is 0.342. The lowest BCUT2D eigenvalue weighted by Gasteiger charge is -2.41. The van der Waals surface area contributed by atoms with Gasteiger partial charge >= 0.3 is 0 Å². The number of aliphatic hydroxyl groups is 4. The number of ketones is 1. The van der Waals surface area contributed by atoms with E-state index in [0.29, 0.717) is 37.1 Å². The third-order valence-corrected chi connectivity index (χ3v) is 9.64. The topological polar surface area (TPSA) is 124 Å². The molecule has 0 radical (unpaired) electrons. The zero-order valence-electron chi connectivity index (χ0n) is 21.0. The van der Waals surface area contributed by atoms with Crippen LogP contribution >= 0.6 is 0 Å². The number of carbonyl (C=O) groups is 1. The Morgan fingerprint density at radius 1 is 0.879 bits per heavy atom. The van der Waals surface area contributed by atoms with Gasteiger partial charge in [-0.25, -0.2) is 0 Å². The second-order valence-corrected chi connectivity index (χ2v) is 12.3. The molecule has 0 saturated heterocycles. The first kappa shape index (κ1) is 27.1. The van der Waals surface area contributed by atoms with Gasteiger partial charge in [-0.15, -0.1) is 0 Å². The number of hydrogen-bond acceptors (Lipinski definition) is 6. The lowest BCUT2D eigenvalue weighted by atomic mass is 9.65. The minimum atomic E-state index is -1.41. The Labute approximate surface area is 200 Å². The van der Waals surface area contributed by atoms with E-state index >= 15 is 0 Å². The van der Waals surface area contributed by atoms with Crippen molar-refractivity contribution >= 4 is 5.78 Å². The molecule has 0 bridgehead atoms. The first-order chi connectivity index (χ1) is 15.5. The van der Waals surface area contributed by atoms with Crippen molar-refractivity contribution in [2.24, 2.45) is 46.7 Å². The molecule has 6 nitrogen and oxygen atoms in total. The van der Waals surface area contributed by atoms with Crippen LogP contribution in [0.25, 0.3) is 0 Å². The smallest absolute Gasteiger partial charge is 0.154 e. The highest BCUT2D eigenvalue weighted by Gasteiger charge is 2.44. The first-order valence-electron chi connectivity index (χ1n) is 13.5. The van der Waals surface area contributed by atoms with E-state index in [-0.39, 0.29) is 29.0 Å². The molecule has 7 atom stereocenters. The molecule has 6 unspecified atom stereocenters. The van der Waals surface area contributed by atoms with Crippen LogP contribution in [0.1, 0.15) is 97.8 Å². The molecule has 0 amide bonds. The number of aliphatic hydroxyl groups excluding tert-OH is 3. The third-order valence-electron chi connectivity index (χ3n) is 9.64. The van der Waals surface area contributed by atoms with Gasteiger partial charge in [0.05, 0.1) is 18.1 Å². The van der Waals surface area contributed by atoms with E-state index in [0.717, 1.165) is 44.9 Å². The predicted octanol–water partition coefficient (Wildman–Crippen LogP) is 3.38. The minimum absolute atomic E-state index is 0.00601. The van der Waals surface area contributed by atoms with Gasteiger partial charge in [0, 0.05) is 17.9 Å². The summed E-state index contributed by atoms with van der Waals surface area (Å²) < 4.78 is 0. The molecule has 33 heavy (non-hydrogen) atoms. The van der Waals surface area contributed by atoms with Crippen LogP contribution in [0.3, 0.4) is 0 Å². The fourth-order valence-corrected chi connectivity index (χ4v) is 7.45. The van der Waals surface area contributed by atoms with Crippen molar-refractivity contribution < 1.29 is 25.2 Å². The third kappa shape index (κ3) is 6.58. The molecule has 3 saturated carbocycles. The van der Waals surface area contributed by atoms with Gasteiger partial charge in [-0.2, -0.15) is 0 Å². The van der Waals surface area contributed by atoms with E-state index in [1.165, 1.54) is 12.8 Å². The maximum atomic E-state index is 13.5. The molecule has 3 rings (SSSR count). The summed E-state index contributed by atoms with van der Waals surface area (Å²) >= 11 is 0. The Hall–Kier alpha value is -0.530. The van der Waals surface area contributed by atoms with E-state index in [2.05, 4.69) is 13.8 Å². The molecular weight excluding hydrogens is 418 g/mol. The summed E-state index contributed by atoms with van der Waals surface area (Å²) in [6.45, 7) is 6.34. The quantitative estimate of drug-likeness (QED) is 0.289. The van der Waals surface area contributed by atoms with Crippen molar-refractivity contribution in [3.05, 3.63) is 0 Å². The van der Waals surface area contributed by atoms with Crippen molar-refractivity contribution in [3.63, 3.8) is 0 Å². The standard InChI is InChI=1S/C27H49NO5/c1-16(29)23(25(31)19-5-4-6-20(15-19)26(32)33)24(30)18-9-12-22(27(2,3)14-13-18)17-7-10-21(28)11-8-17/h16-24,26,29-30,32-33H,4-15,28H2,1-3H3/t16-,17?,18?,19?,20?,21?,22?,23?,24?/m1/s1. The Balaban J connectivity index is 1.68. The lowest BCUT2D eigenvalue weighted by Crippen LogP contribution is -2.45. The molecule has 6 heteroatoms. The fraction of sp³-hybridized carbons (Fsp3) is 0.963. The largest absolute Gasteiger partial charge is 0.393 e. The normalized spacial score (nSPS) is 38.3. The summed E-state index contributed by atoms with van der Waals surface area (Å²) in [4.78, 5) is 13.5. The average molecular weight is 468 g/mol. The highest BCUT2D eigenvalue weighted by atomic mass is 16.5. The fourth-order valence-electron chi connectivity index (χ4n) is 7.45. The minimum Gasteiger partial charge on any atom is -0.393 e. The van der Waals surface area contributed by atoms with Gasteiger partial charge in [0.1, 0.15) is 5.78 Å². The number of nitrogens with two attached hydrogens (primary N) is 1. The van der Waals surface area contributed by atoms with Crippen molar-refractivity contribution in [2.45, 2.75) is 122 Å². The van der Waals surface area contributed by atoms with Crippen LogP contribution in [-0.2, 0) is 4.79 Å². The van der Waals surface area contributed by atoms with Gasteiger partial charge in [0.15, 0.2) is 6.29 Å². The van der Waals surface area contributed by atoms with E-state index in [1.807, 2.05) is 0 Å². The average Bonchev–Trinajstić information content (AvgIpc) is 2.92. The van der Waals surface area contributed by atoms with Crippen LogP contribution in [0.15, 0.2) is 0 Å². The monoisotopic (exact) mass is 467 g/mol. The lowest BCUT2D eigenvalue weighted by molar-refractivity contribution is -0.142. The second kappa shape index (κ2) is 11.5. The van der Waals surface area contributed by atoms with Gasteiger partial charge in [-0.05, 0) is 101 Å². The van der Waals surface area contributed by atoms with Crippen molar-refractivity contribution in [1.29, 1.82) is 0 Å². The van der Waals surface area contributed by atoms with Gasteiger partial charge in [-0.3, -0.25) is 4.79 Å². The maximum Gasteiger partial charge on any atom is 0.154 e. The summed E-state index contributed by atoms with van der Waals surface area (Å²) in [5, 5.41) is 41.2. The predicted molar refractivity (Wildman–Crippen MR) is 129 cm³/mol. The SMILES string of the molecule is C[C@@H](O)C(C(=O)C1CCCC(C(O)O)C1)C(O)C1CCC(C2CCC(N)CC2)C(C)(C)CC1. The molecule has 3 fully saturated rings. The van der Waals surface area contributed by atoms with Crippen LogP contribution in [-0.4, -0.2) is 50.7 Å². The molecule has 0 aromatic heterocycles. The van der Waals surface area contributed by atoms with Crippen LogP contribution in [0, 0.1) is 40.9 Å². The molecule has 6 N–H and O–H groups in total. The Kier molecular flexibility index (Phi) is 9.41. The maximum absolute atomic E-state index is 13.5. The van der Waals surface area contributed by atoms with Crippen LogP contribution < -0.4 is 5.73 Å². The summed E-state index contributed by atoms with van der Waals surface area (Å²) in [5.41, 5.74) is 6.34. The molecule has 3 aliphatic rings. The van der Waals surface area contributed by atoms with Crippen LogP contribution in [0.5, 0.6) is 0 Å². The number of carbonyl (C=O) groups excluding carboxylic acids is 1. The van der Waals surface area contributed by atoms with E-state index < -0.39 is 24.4 Å². The summed E-state index contributed by atoms with van der Waals surface area (Å²) in [7, 11) is 0. The van der Waals surface area contributed by atoms with Crippen LogP contribution in [0.4, 0.5) is 0 Å². The molecule has 192 valence electrons. The Morgan fingerprint density at radius 3 is 2.15 bits per heavy atom. The van der Waals surface area contributed by atoms with E-state index in [1.54, 1.807) is 6.92 Å². The van der Waals surface area contributed by atoms with Crippen molar-refractivity contribution in [2.75, 3.05) is 0 Å². The van der Waals surface area contributed by atoms with Gasteiger partial charge < -0.3 is 26.2 Å². The number of rotatable bonds is 7. The van der Waals surface area contributed by atoms with E-state index in [4.69, 9.17) is 5.73 Å². The van der Waals surface area contributed by atoms with Crippen molar-refractivity contribution in [3.8, 4) is 0 Å². The van der Waals surface area contributed by atoms with Gasteiger partial charge in [0.2, 0.25) is 0 Å². The van der Waals surface area contributed by atoms with Crippen LogP contribution in [0.2, 0.25) is 0 Å².